The second-order valence-corrected chi connectivity index (χ2v) is 11.5. The molecule has 0 atom stereocenters. The molecule has 3 aliphatic rings. The molecule has 0 aromatic heterocycles. The summed E-state index contributed by atoms with van der Waals surface area (Å²) < 4.78 is 24.7. The van der Waals surface area contributed by atoms with E-state index in [1.807, 2.05) is 56.3 Å². The summed E-state index contributed by atoms with van der Waals surface area (Å²) in [5.74, 6) is 0.943. The van der Waals surface area contributed by atoms with E-state index in [2.05, 4.69) is 11.0 Å². The lowest BCUT2D eigenvalue weighted by molar-refractivity contribution is -0.163. The topological polar surface area (TPSA) is 82.9 Å². The molecule has 0 aliphatic carbocycles. The van der Waals surface area contributed by atoms with Crippen molar-refractivity contribution in [1.82, 2.24) is 9.80 Å². The number of carbonyl (C=O) groups excluding carboxylic acids is 2. The maximum atomic E-state index is 13.4. The van der Waals surface area contributed by atoms with Crippen LogP contribution in [0, 0.1) is 18.3 Å². The Morgan fingerprint density at radius 2 is 1.80 bits per heavy atom. The van der Waals surface area contributed by atoms with Crippen molar-refractivity contribution < 1.29 is 23.5 Å². The molecule has 3 heterocycles. The number of Topliss-reactive ketones (excluding diaryl/α,β-unsaturated/α-hetero) is 1. The van der Waals surface area contributed by atoms with Crippen molar-refractivity contribution in [3.63, 3.8) is 0 Å². The van der Waals surface area contributed by atoms with Crippen LogP contribution in [0.15, 0.2) is 42.5 Å². The number of nitriles is 1. The Balaban J connectivity index is 1.17. The normalized spacial score (nSPS) is 20.2. The molecule has 0 N–H and O–H groups in total. The first-order chi connectivity index (χ1) is 19.3. The van der Waals surface area contributed by atoms with Crippen molar-refractivity contribution in [3.05, 3.63) is 64.7 Å². The van der Waals surface area contributed by atoms with Gasteiger partial charge in [0.05, 0.1) is 43.4 Å². The lowest BCUT2D eigenvalue weighted by Crippen LogP contribution is -2.64. The largest absolute Gasteiger partial charge is 0.492 e. The van der Waals surface area contributed by atoms with Gasteiger partial charge in [-0.15, -0.1) is 0 Å². The molecule has 0 saturated carbocycles. The summed E-state index contributed by atoms with van der Waals surface area (Å²) in [6.07, 6.45) is 1.89. The fourth-order valence-electron chi connectivity index (χ4n) is 6.31. The summed E-state index contributed by atoms with van der Waals surface area (Å²) >= 11 is 0. The van der Waals surface area contributed by atoms with Gasteiger partial charge in [0.15, 0.2) is 0 Å². The van der Waals surface area contributed by atoms with Crippen LogP contribution in [0.5, 0.6) is 5.75 Å². The molecule has 0 bridgehead atoms. The minimum absolute atomic E-state index is 0.0607. The Hall–Kier alpha value is -3.28. The van der Waals surface area contributed by atoms with E-state index in [9.17, 15) is 19.2 Å². The number of alkyl halides is 1. The molecular weight excluding hydrogens is 509 g/mol. The number of likely N-dealkylation sites (tertiary alicyclic amines) is 2. The van der Waals surface area contributed by atoms with Crippen LogP contribution < -0.4 is 4.74 Å². The highest BCUT2D eigenvalue weighted by Crippen LogP contribution is 2.40. The second-order valence-electron chi connectivity index (χ2n) is 11.5. The highest BCUT2D eigenvalue weighted by atomic mass is 19.1. The summed E-state index contributed by atoms with van der Waals surface area (Å²) in [6.45, 7) is 7.86. The number of hydrogen-bond donors (Lipinski definition) is 0. The molecular formula is C32H38FN3O4. The zero-order valence-corrected chi connectivity index (χ0v) is 23.5. The van der Waals surface area contributed by atoms with Gasteiger partial charge in [0, 0.05) is 13.0 Å². The molecule has 3 fully saturated rings. The van der Waals surface area contributed by atoms with E-state index in [-0.39, 0.29) is 24.8 Å². The minimum atomic E-state index is -0.926. The van der Waals surface area contributed by atoms with Crippen LogP contribution in [0.2, 0.25) is 0 Å². The number of carbonyl (C=O) groups is 2. The molecule has 40 heavy (non-hydrogen) atoms. The molecule has 2 aromatic carbocycles. The van der Waals surface area contributed by atoms with E-state index in [4.69, 9.17) is 9.47 Å². The third-order valence-corrected chi connectivity index (χ3v) is 8.92. The third kappa shape index (κ3) is 5.25. The average Bonchev–Trinajstić information content (AvgIpc) is 2.92. The van der Waals surface area contributed by atoms with Gasteiger partial charge in [-0.1, -0.05) is 25.1 Å². The molecule has 3 saturated heterocycles. The van der Waals surface area contributed by atoms with E-state index in [0.29, 0.717) is 31.8 Å². The summed E-state index contributed by atoms with van der Waals surface area (Å²) in [5.41, 5.74) is 2.28. The molecule has 8 heteroatoms. The molecule has 1 amide bonds. The Morgan fingerprint density at radius 3 is 2.38 bits per heavy atom. The van der Waals surface area contributed by atoms with Gasteiger partial charge in [-0.3, -0.25) is 14.5 Å². The van der Waals surface area contributed by atoms with Crippen LogP contribution >= 0.6 is 0 Å². The number of nitrogens with zero attached hydrogens (tertiary/aromatic N) is 3. The number of rotatable bonds is 10. The maximum Gasteiger partial charge on any atom is 0.238 e. The van der Waals surface area contributed by atoms with Gasteiger partial charge >= 0.3 is 0 Å². The molecule has 7 nitrogen and oxygen atoms in total. The lowest BCUT2D eigenvalue weighted by Gasteiger charge is -2.46. The molecule has 0 spiro atoms. The fraction of sp³-hybridized carbons (Fsp3) is 0.531. The van der Waals surface area contributed by atoms with Crippen LogP contribution in [0.4, 0.5) is 4.39 Å². The van der Waals surface area contributed by atoms with Crippen LogP contribution in [-0.4, -0.2) is 80.2 Å². The first kappa shape index (κ1) is 28.3. The number of aryl methyl sites for hydroxylation is 1. The third-order valence-electron chi connectivity index (χ3n) is 8.92. The summed E-state index contributed by atoms with van der Waals surface area (Å²) in [4.78, 5) is 30.3. The SMILES string of the molecule is CCCC(=O)C1(c2cc(C#N)ccc2C)CCN(CCOc2ccc(C3(C(=O)N4CC(F)C4)COC3)cc2)CC1. The minimum Gasteiger partial charge on any atom is -0.492 e. The van der Waals surface area contributed by atoms with Gasteiger partial charge < -0.3 is 14.4 Å². The molecule has 0 unspecified atom stereocenters. The van der Waals surface area contributed by atoms with Crippen molar-refractivity contribution in [2.24, 2.45) is 0 Å². The molecule has 3 aliphatic heterocycles. The number of halogens is 1. The van der Waals surface area contributed by atoms with Gasteiger partial charge in [-0.2, -0.15) is 5.26 Å². The van der Waals surface area contributed by atoms with Gasteiger partial charge in [-0.25, -0.2) is 4.39 Å². The number of hydrogen-bond acceptors (Lipinski definition) is 6. The van der Waals surface area contributed by atoms with Crippen LogP contribution in [-0.2, 0) is 25.2 Å². The lowest BCUT2D eigenvalue weighted by atomic mass is 9.67. The van der Waals surface area contributed by atoms with Crippen molar-refractivity contribution in [1.29, 1.82) is 5.26 Å². The number of ketones is 1. The first-order valence-electron chi connectivity index (χ1n) is 14.3. The van der Waals surface area contributed by atoms with Crippen molar-refractivity contribution in [3.8, 4) is 11.8 Å². The number of amides is 1. The highest BCUT2D eigenvalue weighted by molar-refractivity contribution is 5.91. The van der Waals surface area contributed by atoms with Gasteiger partial charge in [0.1, 0.15) is 29.7 Å². The number of ether oxygens (including phenoxy) is 2. The van der Waals surface area contributed by atoms with Crippen LogP contribution in [0.1, 0.15) is 54.9 Å². The van der Waals surface area contributed by atoms with E-state index in [0.717, 1.165) is 61.3 Å². The van der Waals surface area contributed by atoms with E-state index < -0.39 is 17.0 Å². The number of piperidine rings is 1. The van der Waals surface area contributed by atoms with Gasteiger partial charge in [-0.05, 0) is 80.2 Å². The Kier molecular flexibility index (Phi) is 8.25. The van der Waals surface area contributed by atoms with Gasteiger partial charge in [0.2, 0.25) is 5.91 Å². The summed E-state index contributed by atoms with van der Waals surface area (Å²) in [7, 11) is 0. The standard InChI is InChI=1S/C32H38FN3O4/c1-3-4-29(37)31(28-17-24(18-34)6-5-23(28)2)11-13-35(14-12-31)15-16-40-27-9-7-25(8-10-27)32(21-39-22-32)30(38)36-19-26(33)20-36/h5-10,17,26H,3-4,11-16,19-22H2,1-2H3. The first-order valence-corrected chi connectivity index (χ1v) is 14.3. The Morgan fingerprint density at radius 1 is 1.10 bits per heavy atom. The van der Waals surface area contributed by atoms with Crippen molar-refractivity contribution in [2.75, 3.05) is 52.5 Å². The average molecular weight is 548 g/mol. The van der Waals surface area contributed by atoms with Crippen molar-refractivity contribution in [2.45, 2.75) is 56.5 Å². The highest BCUT2D eigenvalue weighted by Gasteiger charge is 2.51. The van der Waals surface area contributed by atoms with Crippen LogP contribution in [0.3, 0.4) is 0 Å². The van der Waals surface area contributed by atoms with E-state index >= 15 is 0 Å². The zero-order valence-electron chi connectivity index (χ0n) is 23.5. The molecule has 5 rings (SSSR count). The molecule has 212 valence electrons. The smallest absolute Gasteiger partial charge is 0.238 e. The van der Waals surface area contributed by atoms with Crippen molar-refractivity contribution >= 4 is 11.7 Å². The van der Waals surface area contributed by atoms with Gasteiger partial charge in [0.25, 0.3) is 0 Å². The van der Waals surface area contributed by atoms with Crippen LogP contribution in [0.25, 0.3) is 0 Å². The quantitative estimate of drug-likeness (QED) is 0.446. The summed E-state index contributed by atoms with van der Waals surface area (Å²) in [5, 5.41) is 9.46. The van der Waals surface area contributed by atoms with E-state index in [1.165, 1.54) is 0 Å². The predicted octanol–water partition coefficient (Wildman–Crippen LogP) is 4.10. The predicted molar refractivity (Wildman–Crippen MR) is 149 cm³/mol. The second kappa shape index (κ2) is 11.7. The fourth-order valence-corrected chi connectivity index (χ4v) is 6.31. The monoisotopic (exact) mass is 547 g/mol. The number of benzene rings is 2. The summed E-state index contributed by atoms with van der Waals surface area (Å²) in [6, 6.07) is 15.5. The Bertz CT molecular complexity index is 1270. The molecule has 0 radical (unpaired) electrons. The maximum absolute atomic E-state index is 13.4. The molecule has 2 aromatic rings. The van der Waals surface area contributed by atoms with E-state index in [1.54, 1.807) is 4.90 Å². The Labute approximate surface area is 235 Å². The zero-order chi connectivity index (χ0) is 28.3.